The number of hydrogen-bond donors (Lipinski definition) is 1. The highest BCUT2D eigenvalue weighted by Gasteiger charge is 2.19. The van der Waals surface area contributed by atoms with Crippen LogP contribution >= 0.6 is 0 Å². The van der Waals surface area contributed by atoms with E-state index in [1.807, 2.05) is 24.3 Å². The summed E-state index contributed by atoms with van der Waals surface area (Å²) >= 11 is 0. The third kappa shape index (κ3) is 3.29. The van der Waals surface area contributed by atoms with Crippen LogP contribution in [0.3, 0.4) is 0 Å². The zero-order chi connectivity index (χ0) is 12.1. The monoisotopic (exact) mass is 229 g/mol. The van der Waals surface area contributed by atoms with E-state index >= 15 is 0 Å². The van der Waals surface area contributed by atoms with Gasteiger partial charge in [0.15, 0.2) is 0 Å². The lowest BCUT2D eigenvalue weighted by Gasteiger charge is -2.19. The van der Waals surface area contributed by atoms with Gasteiger partial charge in [-0.2, -0.15) is 5.26 Å². The first-order valence-electron chi connectivity index (χ1n) is 6.19. The molecule has 90 valence electrons. The van der Waals surface area contributed by atoms with Crippen LogP contribution in [0.5, 0.6) is 0 Å². The van der Waals surface area contributed by atoms with Gasteiger partial charge in [0, 0.05) is 19.1 Å². The summed E-state index contributed by atoms with van der Waals surface area (Å²) in [7, 11) is 2.20. The SMILES string of the molecule is CN1CCC[C@@H]1CNCc1ccc(C#N)cc1. The van der Waals surface area contributed by atoms with E-state index in [4.69, 9.17) is 5.26 Å². The molecule has 0 spiro atoms. The van der Waals surface area contributed by atoms with Gasteiger partial charge < -0.3 is 10.2 Å². The molecule has 1 atom stereocenters. The Morgan fingerprint density at radius 2 is 2.18 bits per heavy atom. The summed E-state index contributed by atoms with van der Waals surface area (Å²) in [6.45, 7) is 3.16. The van der Waals surface area contributed by atoms with E-state index in [1.54, 1.807) is 0 Å². The van der Waals surface area contributed by atoms with Gasteiger partial charge >= 0.3 is 0 Å². The van der Waals surface area contributed by atoms with E-state index in [0.717, 1.165) is 18.7 Å². The Morgan fingerprint density at radius 3 is 2.76 bits per heavy atom. The van der Waals surface area contributed by atoms with Gasteiger partial charge in [-0.1, -0.05) is 12.1 Å². The summed E-state index contributed by atoms with van der Waals surface area (Å²) < 4.78 is 0. The van der Waals surface area contributed by atoms with E-state index in [2.05, 4.69) is 23.3 Å². The van der Waals surface area contributed by atoms with Crippen molar-refractivity contribution in [2.45, 2.75) is 25.4 Å². The first-order valence-corrected chi connectivity index (χ1v) is 6.19. The maximum Gasteiger partial charge on any atom is 0.0991 e. The minimum atomic E-state index is 0.688. The molecule has 0 bridgehead atoms. The molecule has 0 aromatic heterocycles. The molecule has 1 aromatic rings. The standard InChI is InChI=1S/C14H19N3/c1-17-8-2-3-14(17)11-16-10-13-6-4-12(9-15)5-7-13/h4-7,14,16H,2-3,8,10-11H2,1H3/t14-/m1/s1. The van der Waals surface area contributed by atoms with Crippen LogP contribution in [0.25, 0.3) is 0 Å². The van der Waals surface area contributed by atoms with Crippen LogP contribution in [0.4, 0.5) is 0 Å². The van der Waals surface area contributed by atoms with Gasteiger partial charge in [-0.25, -0.2) is 0 Å². The van der Waals surface area contributed by atoms with Gasteiger partial charge in [-0.3, -0.25) is 0 Å². The Labute approximate surface area is 103 Å². The van der Waals surface area contributed by atoms with Crippen LogP contribution < -0.4 is 5.32 Å². The van der Waals surface area contributed by atoms with Gasteiger partial charge in [0.05, 0.1) is 11.6 Å². The zero-order valence-corrected chi connectivity index (χ0v) is 10.3. The highest BCUT2D eigenvalue weighted by molar-refractivity contribution is 5.31. The number of rotatable bonds is 4. The quantitative estimate of drug-likeness (QED) is 0.855. The third-order valence-electron chi connectivity index (χ3n) is 3.46. The van der Waals surface area contributed by atoms with E-state index in [9.17, 15) is 0 Å². The molecule has 0 aliphatic carbocycles. The average Bonchev–Trinajstić information content (AvgIpc) is 2.76. The van der Waals surface area contributed by atoms with Crippen LogP contribution in [0.1, 0.15) is 24.0 Å². The summed E-state index contributed by atoms with van der Waals surface area (Å²) in [6.07, 6.45) is 2.62. The van der Waals surface area contributed by atoms with E-state index in [0.29, 0.717) is 6.04 Å². The molecule has 1 fully saturated rings. The van der Waals surface area contributed by atoms with Crippen LogP contribution in [0.15, 0.2) is 24.3 Å². The molecule has 17 heavy (non-hydrogen) atoms. The fraction of sp³-hybridized carbons (Fsp3) is 0.500. The topological polar surface area (TPSA) is 39.1 Å². The van der Waals surface area contributed by atoms with Crippen molar-refractivity contribution in [1.29, 1.82) is 5.26 Å². The summed E-state index contributed by atoms with van der Waals surface area (Å²) in [6, 6.07) is 10.6. The molecule has 1 aliphatic heterocycles. The number of nitrogens with one attached hydrogen (secondary N) is 1. The lowest BCUT2D eigenvalue weighted by Crippen LogP contribution is -2.35. The van der Waals surface area contributed by atoms with Crippen molar-refractivity contribution >= 4 is 0 Å². The number of likely N-dealkylation sites (N-methyl/N-ethyl adjacent to an activating group) is 1. The molecule has 3 nitrogen and oxygen atoms in total. The first kappa shape index (κ1) is 12.1. The second-order valence-corrected chi connectivity index (χ2v) is 4.72. The van der Waals surface area contributed by atoms with E-state index in [-0.39, 0.29) is 0 Å². The molecular formula is C14H19N3. The number of nitrogens with zero attached hydrogens (tertiary/aromatic N) is 2. The number of benzene rings is 1. The van der Waals surface area contributed by atoms with Crippen LogP contribution in [0, 0.1) is 11.3 Å². The fourth-order valence-electron chi connectivity index (χ4n) is 2.32. The van der Waals surface area contributed by atoms with Gasteiger partial charge in [-0.15, -0.1) is 0 Å². The zero-order valence-electron chi connectivity index (χ0n) is 10.3. The Morgan fingerprint density at radius 1 is 1.41 bits per heavy atom. The highest BCUT2D eigenvalue weighted by atomic mass is 15.2. The Kier molecular flexibility index (Phi) is 4.13. The molecule has 1 heterocycles. The Hall–Kier alpha value is -1.37. The molecule has 2 rings (SSSR count). The van der Waals surface area contributed by atoms with Gasteiger partial charge in [-0.05, 0) is 44.1 Å². The minimum Gasteiger partial charge on any atom is -0.311 e. The molecular weight excluding hydrogens is 210 g/mol. The van der Waals surface area contributed by atoms with Crippen molar-refractivity contribution in [2.24, 2.45) is 0 Å². The maximum absolute atomic E-state index is 8.71. The number of nitriles is 1. The largest absolute Gasteiger partial charge is 0.311 e. The lowest BCUT2D eigenvalue weighted by molar-refractivity contribution is 0.300. The minimum absolute atomic E-state index is 0.688. The molecule has 3 heteroatoms. The molecule has 0 unspecified atom stereocenters. The molecule has 1 aromatic carbocycles. The van der Waals surface area contributed by atoms with Gasteiger partial charge in [0.2, 0.25) is 0 Å². The summed E-state index contributed by atoms with van der Waals surface area (Å²) in [5.41, 5.74) is 1.97. The normalized spacial score (nSPS) is 20.4. The van der Waals surface area contributed by atoms with Crippen molar-refractivity contribution in [1.82, 2.24) is 10.2 Å². The molecule has 1 saturated heterocycles. The fourth-order valence-corrected chi connectivity index (χ4v) is 2.32. The summed E-state index contributed by atoms with van der Waals surface area (Å²) in [5.74, 6) is 0. The predicted octanol–water partition coefficient (Wildman–Crippen LogP) is 1.74. The first-order chi connectivity index (χ1) is 8.29. The summed E-state index contributed by atoms with van der Waals surface area (Å²) in [4.78, 5) is 2.42. The van der Waals surface area contributed by atoms with Crippen molar-refractivity contribution in [3.63, 3.8) is 0 Å². The molecule has 0 saturated carbocycles. The van der Waals surface area contributed by atoms with Crippen LogP contribution in [-0.4, -0.2) is 31.1 Å². The van der Waals surface area contributed by atoms with E-state index in [1.165, 1.54) is 24.9 Å². The second kappa shape index (κ2) is 5.81. The third-order valence-corrected chi connectivity index (χ3v) is 3.46. The smallest absolute Gasteiger partial charge is 0.0991 e. The van der Waals surface area contributed by atoms with Crippen molar-refractivity contribution < 1.29 is 0 Å². The lowest BCUT2D eigenvalue weighted by atomic mass is 10.1. The molecule has 1 aliphatic rings. The molecule has 1 N–H and O–H groups in total. The van der Waals surface area contributed by atoms with E-state index < -0.39 is 0 Å². The molecule has 0 amide bonds. The van der Waals surface area contributed by atoms with Crippen molar-refractivity contribution in [3.05, 3.63) is 35.4 Å². The van der Waals surface area contributed by atoms with Crippen LogP contribution in [-0.2, 0) is 6.54 Å². The van der Waals surface area contributed by atoms with Gasteiger partial charge in [0.1, 0.15) is 0 Å². The predicted molar refractivity (Wildman–Crippen MR) is 68.5 cm³/mol. The summed E-state index contributed by atoms with van der Waals surface area (Å²) in [5, 5.41) is 12.2. The average molecular weight is 229 g/mol. The van der Waals surface area contributed by atoms with Crippen molar-refractivity contribution in [3.8, 4) is 6.07 Å². The highest BCUT2D eigenvalue weighted by Crippen LogP contribution is 2.13. The van der Waals surface area contributed by atoms with Crippen LogP contribution in [0.2, 0.25) is 0 Å². The Balaban J connectivity index is 1.76. The second-order valence-electron chi connectivity index (χ2n) is 4.72. The number of hydrogen-bond acceptors (Lipinski definition) is 3. The van der Waals surface area contributed by atoms with Crippen molar-refractivity contribution in [2.75, 3.05) is 20.1 Å². The number of likely N-dealkylation sites (tertiary alicyclic amines) is 1. The maximum atomic E-state index is 8.71. The Bertz CT molecular complexity index is 391. The van der Waals surface area contributed by atoms with Gasteiger partial charge in [0.25, 0.3) is 0 Å². The molecule has 0 radical (unpaired) electrons.